The van der Waals surface area contributed by atoms with Gasteiger partial charge in [-0.1, -0.05) is 0 Å². The molecule has 1 heterocycles. The molecule has 1 saturated carbocycles. The molecular weight excluding hydrogens is 162 g/mol. The first-order valence-electron chi connectivity index (χ1n) is 3.57. The minimum atomic E-state index is -0.195. The molecule has 11 heavy (non-hydrogen) atoms. The fourth-order valence-electron chi connectivity index (χ4n) is 1.05. The van der Waals surface area contributed by atoms with Crippen LogP contribution in [0.5, 0.6) is 0 Å². The van der Waals surface area contributed by atoms with Gasteiger partial charge < -0.3 is 10.4 Å². The second-order valence-electron chi connectivity index (χ2n) is 2.64. The maximum atomic E-state index is 9.20. The number of aliphatic hydroxyl groups is 1. The lowest BCUT2D eigenvalue weighted by molar-refractivity contribution is 0.0786. The van der Waals surface area contributed by atoms with Gasteiger partial charge in [-0.05, 0) is 12.8 Å². The highest BCUT2D eigenvalue weighted by molar-refractivity contribution is 7.09. The molecule has 2 atom stereocenters. The fraction of sp³-hybridized carbons (Fsp3) is 0.667. The van der Waals surface area contributed by atoms with Crippen molar-refractivity contribution in [1.82, 2.24) is 9.36 Å². The van der Waals surface area contributed by atoms with Crippen LogP contribution in [0.3, 0.4) is 0 Å². The van der Waals surface area contributed by atoms with Crippen LogP contribution in [0, 0.1) is 0 Å². The molecule has 0 bridgehead atoms. The van der Waals surface area contributed by atoms with Gasteiger partial charge in [0.05, 0.1) is 12.1 Å². The third-order valence-corrected chi connectivity index (χ3v) is 2.50. The van der Waals surface area contributed by atoms with Crippen molar-refractivity contribution in [2.24, 2.45) is 0 Å². The third kappa shape index (κ3) is 1.34. The van der Waals surface area contributed by atoms with E-state index in [1.807, 2.05) is 0 Å². The first kappa shape index (κ1) is 7.00. The van der Waals surface area contributed by atoms with Crippen molar-refractivity contribution in [1.29, 1.82) is 0 Å². The first-order valence-corrected chi connectivity index (χ1v) is 4.35. The fourth-order valence-corrected chi connectivity index (χ4v) is 1.54. The first-order chi connectivity index (χ1) is 5.36. The summed E-state index contributed by atoms with van der Waals surface area (Å²) < 4.78 is 3.85. The van der Waals surface area contributed by atoms with Gasteiger partial charge in [0, 0.05) is 11.5 Å². The molecule has 5 heteroatoms. The average molecular weight is 171 g/mol. The van der Waals surface area contributed by atoms with E-state index >= 15 is 0 Å². The Hall–Kier alpha value is -0.680. The second-order valence-corrected chi connectivity index (χ2v) is 3.42. The summed E-state index contributed by atoms with van der Waals surface area (Å²) in [7, 11) is 0. The van der Waals surface area contributed by atoms with Crippen LogP contribution < -0.4 is 5.32 Å². The van der Waals surface area contributed by atoms with Gasteiger partial charge in [-0.3, -0.25) is 0 Å². The molecule has 0 unspecified atom stereocenters. The van der Waals surface area contributed by atoms with Crippen LogP contribution in [-0.2, 0) is 0 Å². The Kier molecular flexibility index (Phi) is 1.75. The molecule has 1 aliphatic carbocycles. The number of nitrogens with zero attached hydrogens (tertiary/aromatic N) is 2. The summed E-state index contributed by atoms with van der Waals surface area (Å²) in [6.07, 6.45) is 3.24. The number of aromatic nitrogens is 2. The van der Waals surface area contributed by atoms with Gasteiger partial charge in [-0.2, -0.15) is 4.37 Å². The monoisotopic (exact) mass is 171 g/mol. The van der Waals surface area contributed by atoms with Crippen LogP contribution in [0.25, 0.3) is 0 Å². The van der Waals surface area contributed by atoms with Crippen LogP contribution in [-0.4, -0.2) is 26.6 Å². The van der Waals surface area contributed by atoms with E-state index in [0.717, 1.165) is 18.0 Å². The Morgan fingerprint density at radius 3 is 3.00 bits per heavy atom. The predicted octanol–water partition coefficient (Wildman–Crippen LogP) is 0.473. The van der Waals surface area contributed by atoms with Crippen molar-refractivity contribution < 1.29 is 5.11 Å². The van der Waals surface area contributed by atoms with Gasteiger partial charge >= 0.3 is 0 Å². The van der Waals surface area contributed by atoms with Crippen molar-refractivity contribution in [3.05, 3.63) is 6.33 Å². The molecule has 1 fully saturated rings. The number of nitrogens with one attached hydrogen (secondary N) is 1. The highest BCUT2D eigenvalue weighted by atomic mass is 32.1. The topological polar surface area (TPSA) is 58.0 Å². The van der Waals surface area contributed by atoms with Crippen LogP contribution >= 0.6 is 11.5 Å². The molecule has 0 saturated heterocycles. The van der Waals surface area contributed by atoms with Crippen molar-refractivity contribution >= 4 is 16.7 Å². The third-order valence-electron chi connectivity index (χ3n) is 1.91. The average Bonchev–Trinajstić information content (AvgIpc) is 2.49. The summed E-state index contributed by atoms with van der Waals surface area (Å²) >= 11 is 1.32. The summed E-state index contributed by atoms with van der Waals surface area (Å²) in [6, 6.07) is 0.197. The molecule has 0 radical (unpaired) electrons. The standard InChI is InChI=1S/C6H9N3OS/c10-5-2-1-4(5)9-6-7-3-8-11-6/h3-5,10H,1-2H2,(H,7,8,9)/t4-,5-/m1/s1. The highest BCUT2D eigenvalue weighted by Gasteiger charge is 2.28. The summed E-state index contributed by atoms with van der Waals surface area (Å²) in [4.78, 5) is 3.96. The minimum absolute atomic E-state index is 0.195. The van der Waals surface area contributed by atoms with E-state index in [-0.39, 0.29) is 12.1 Å². The van der Waals surface area contributed by atoms with Crippen molar-refractivity contribution in [2.75, 3.05) is 5.32 Å². The molecule has 60 valence electrons. The predicted molar refractivity (Wildman–Crippen MR) is 42.6 cm³/mol. The van der Waals surface area contributed by atoms with E-state index in [4.69, 9.17) is 0 Å². The SMILES string of the molecule is O[C@@H]1CC[C@H]1Nc1ncns1. The zero-order chi connectivity index (χ0) is 7.68. The van der Waals surface area contributed by atoms with E-state index in [9.17, 15) is 5.11 Å². The smallest absolute Gasteiger partial charge is 0.202 e. The lowest BCUT2D eigenvalue weighted by Gasteiger charge is -2.32. The molecule has 0 amide bonds. The van der Waals surface area contributed by atoms with Gasteiger partial charge in [0.15, 0.2) is 0 Å². The Morgan fingerprint density at radius 2 is 2.55 bits per heavy atom. The van der Waals surface area contributed by atoms with Gasteiger partial charge in [-0.25, -0.2) is 4.98 Å². The normalized spacial score (nSPS) is 29.5. The van der Waals surface area contributed by atoms with Crippen molar-refractivity contribution in [2.45, 2.75) is 25.0 Å². The molecule has 2 N–H and O–H groups in total. The highest BCUT2D eigenvalue weighted by Crippen LogP contribution is 2.23. The number of rotatable bonds is 2. The minimum Gasteiger partial charge on any atom is -0.391 e. The zero-order valence-electron chi connectivity index (χ0n) is 5.90. The van der Waals surface area contributed by atoms with E-state index in [1.54, 1.807) is 0 Å². The van der Waals surface area contributed by atoms with Crippen LogP contribution in [0.15, 0.2) is 6.33 Å². The number of aliphatic hydroxyl groups excluding tert-OH is 1. The largest absolute Gasteiger partial charge is 0.391 e. The van der Waals surface area contributed by atoms with Crippen LogP contribution in [0.2, 0.25) is 0 Å². The Morgan fingerprint density at radius 1 is 1.64 bits per heavy atom. The summed E-state index contributed by atoms with van der Waals surface area (Å²) in [6.45, 7) is 0. The lowest BCUT2D eigenvalue weighted by atomic mass is 9.89. The Balaban J connectivity index is 1.91. The van der Waals surface area contributed by atoms with Gasteiger partial charge in [0.2, 0.25) is 5.13 Å². The molecule has 1 aromatic heterocycles. The second kappa shape index (κ2) is 2.75. The number of hydrogen-bond acceptors (Lipinski definition) is 5. The van der Waals surface area contributed by atoms with Gasteiger partial charge in [0.25, 0.3) is 0 Å². The van der Waals surface area contributed by atoms with E-state index < -0.39 is 0 Å². The molecule has 2 rings (SSSR count). The van der Waals surface area contributed by atoms with E-state index in [2.05, 4.69) is 14.7 Å². The maximum absolute atomic E-state index is 9.20. The number of anilines is 1. The zero-order valence-corrected chi connectivity index (χ0v) is 6.71. The maximum Gasteiger partial charge on any atom is 0.202 e. The summed E-state index contributed by atoms with van der Waals surface area (Å²) in [5.74, 6) is 0. The van der Waals surface area contributed by atoms with Crippen LogP contribution in [0.4, 0.5) is 5.13 Å². The number of hydrogen-bond donors (Lipinski definition) is 2. The van der Waals surface area contributed by atoms with Gasteiger partial charge in [0.1, 0.15) is 6.33 Å². The van der Waals surface area contributed by atoms with Gasteiger partial charge in [-0.15, -0.1) is 0 Å². The Bertz CT molecular complexity index is 226. The van der Waals surface area contributed by atoms with E-state index in [0.29, 0.717) is 0 Å². The Labute approximate surface area is 68.5 Å². The molecule has 0 aromatic carbocycles. The van der Waals surface area contributed by atoms with E-state index in [1.165, 1.54) is 17.9 Å². The van der Waals surface area contributed by atoms with Crippen LogP contribution in [0.1, 0.15) is 12.8 Å². The molecule has 1 aromatic rings. The molecule has 0 spiro atoms. The summed E-state index contributed by atoms with van der Waals surface area (Å²) in [5, 5.41) is 13.1. The van der Waals surface area contributed by atoms with Crippen molar-refractivity contribution in [3.8, 4) is 0 Å². The summed E-state index contributed by atoms with van der Waals surface area (Å²) in [5.41, 5.74) is 0. The molecule has 0 aliphatic heterocycles. The molecule has 1 aliphatic rings. The molecule has 4 nitrogen and oxygen atoms in total. The molecular formula is C6H9N3OS. The lowest BCUT2D eigenvalue weighted by Crippen LogP contribution is -2.42. The quantitative estimate of drug-likeness (QED) is 0.679. The van der Waals surface area contributed by atoms with Crippen molar-refractivity contribution in [3.63, 3.8) is 0 Å².